The van der Waals surface area contributed by atoms with Crippen LogP contribution in [-0.2, 0) is 0 Å². The lowest BCUT2D eigenvalue weighted by atomic mass is 10.0. The normalized spacial score (nSPS) is 37.2. The van der Waals surface area contributed by atoms with E-state index in [0.29, 0.717) is 11.5 Å². The monoisotopic (exact) mass is 158 g/mol. The van der Waals surface area contributed by atoms with Gasteiger partial charge in [-0.2, -0.15) is 0 Å². The standard InChI is InChI=1S/C7H14N2S/c1-9-4-6(8-10)7(5-9)2-3-7/h6,8,10H,2-5H2,1H3. The minimum atomic E-state index is 0.622. The van der Waals surface area contributed by atoms with Crippen molar-refractivity contribution >= 4 is 12.8 Å². The molecule has 1 N–H and O–H groups in total. The molecule has 0 radical (unpaired) electrons. The van der Waals surface area contributed by atoms with Crippen molar-refractivity contribution in [3.63, 3.8) is 0 Å². The fraction of sp³-hybridized carbons (Fsp3) is 1.00. The first-order valence-corrected chi connectivity index (χ1v) is 4.30. The second-order valence-corrected chi connectivity index (χ2v) is 4.00. The summed E-state index contributed by atoms with van der Waals surface area (Å²) in [6.45, 7) is 2.44. The number of nitrogens with zero attached hydrogens (tertiary/aromatic N) is 1. The van der Waals surface area contributed by atoms with Gasteiger partial charge in [-0.15, -0.1) is 0 Å². The van der Waals surface area contributed by atoms with Crippen LogP contribution in [0.3, 0.4) is 0 Å². The Labute approximate surface area is 67.5 Å². The lowest BCUT2D eigenvalue weighted by Crippen LogP contribution is -2.30. The molecular weight excluding hydrogens is 144 g/mol. The third-order valence-electron chi connectivity index (χ3n) is 2.87. The van der Waals surface area contributed by atoms with Crippen LogP contribution in [0.5, 0.6) is 0 Å². The van der Waals surface area contributed by atoms with Gasteiger partial charge < -0.3 is 4.90 Å². The third-order valence-corrected chi connectivity index (χ3v) is 3.18. The van der Waals surface area contributed by atoms with E-state index in [2.05, 4.69) is 29.5 Å². The molecule has 1 saturated carbocycles. The molecule has 1 atom stereocenters. The van der Waals surface area contributed by atoms with E-state index >= 15 is 0 Å². The molecule has 2 aliphatic rings. The van der Waals surface area contributed by atoms with Crippen molar-refractivity contribution in [2.75, 3.05) is 20.1 Å². The molecule has 1 aliphatic carbocycles. The quantitative estimate of drug-likeness (QED) is 0.541. The maximum atomic E-state index is 4.13. The Bertz CT molecular complexity index is 145. The van der Waals surface area contributed by atoms with E-state index in [1.54, 1.807) is 0 Å². The summed E-state index contributed by atoms with van der Waals surface area (Å²) in [7, 11) is 2.19. The van der Waals surface area contributed by atoms with Crippen LogP contribution in [0.1, 0.15) is 12.8 Å². The van der Waals surface area contributed by atoms with Gasteiger partial charge in [-0.3, -0.25) is 4.72 Å². The number of thiol groups is 1. The van der Waals surface area contributed by atoms with Crippen LogP contribution in [0.15, 0.2) is 0 Å². The van der Waals surface area contributed by atoms with Crippen molar-refractivity contribution in [1.29, 1.82) is 0 Å². The minimum Gasteiger partial charge on any atom is -0.304 e. The van der Waals surface area contributed by atoms with Gasteiger partial charge in [-0.05, 0) is 19.9 Å². The van der Waals surface area contributed by atoms with Crippen LogP contribution in [0, 0.1) is 5.41 Å². The highest BCUT2D eigenvalue weighted by Gasteiger charge is 2.53. The van der Waals surface area contributed by atoms with Gasteiger partial charge in [0.1, 0.15) is 0 Å². The second-order valence-electron chi connectivity index (χ2n) is 3.74. The Hall–Kier alpha value is 0.270. The maximum Gasteiger partial charge on any atom is 0.0365 e. The minimum absolute atomic E-state index is 0.622. The number of likely N-dealkylation sites (tertiary alicyclic amines) is 1. The molecule has 2 fully saturated rings. The number of hydrogen-bond donors (Lipinski definition) is 2. The van der Waals surface area contributed by atoms with Crippen molar-refractivity contribution in [3.05, 3.63) is 0 Å². The van der Waals surface area contributed by atoms with Crippen LogP contribution < -0.4 is 4.72 Å². The molecule has 10 heavy (non-hydrogen) atoms. The Morgan fingerprint density at radius 1 is 1.60 bits per heavy atom. The fourth-order valence-electron chi connectivity index (χ4n) is 2.06. The Balaban J connectivity index is 2.06. The molecule has 1 spiro atoms. The predicted molar refractivity (Wildman–Crippen MR) is 45.1 cm³/mol. The molecule has 0 aromatic heterocycles. The molecule has 0 aromatic rings. The molecule has 1 unspecified atom stereocenters. The Morgan fingerprint density at radius 2 is 2.30 bits per heavy atom. The van der Waals surface area contributed by atoms with E-state index in [1.807, 2.05) is 0 Å². The molecule has 0 bridgehead atoms. The first-order chi connectivity index (χ1) is 4.77. The zero-order chi connectivity index (χ0) is 7.19. The Morgan fingerprint density at radius 3 is 2.70 bits per heavy atom. The number of rotatable bonds is 1. The molecule has 1 saturated heterocycles. The predicted octanol–water partition coefficient (Wildman–Crippen LogP) is 0.515. The molecule has 3 heteroatoms. The Kier molecular flexibility index (Phi) is 1.48. The zero-order valence-corrected chi connectivity index (χ0v) is 7.19. The van der Waals surface area contributed by atoms with Crippen molar-refractivity contribution in [2.45, 2.75) is 18.9 Å². The molecule has 1 aliphatic heterocycles. The maximum absolute atomic E-state index is 4.13. The van der Waals surface area contributed by atoms with E-state index in [9.17, 15) is 0 Å². The average Bonchev–Trinajstić information content (AvgIpc) is 2.55. The summed E-state index contributed by atoms with van der Waals surface area (Å²) in [5, 5.41) is 0. The first-order valence-electron chi connectivity index (χ1n) is 3.85. The van der Waals surface area contributed by atoms with Crippen molar-refractivity contribution < 1.29 is 0 Å². The lowest BCUT2D eigenvalue weighted by Gasteiger charge is -2.13. The third kappa shape index (κ3) is 0.881. The number of likely N-dealkylation sites (N-methyl/N-ethyl adjacent to an activating group) is 1. The van der Waals surface area contributed by atoms with Gasteiger partial charge >= 0.3 is 0 Å². The molecule has 2 nitrogen and oxygen atoms in total. The van der Waals surface area contributed by atoms with Crippen molar-refractivity contribution in [3.8, 4) is 0 Å². The summed E-state index contributed by atoms with van der Waals surface area (Å²) in [6, 6.07) is 0.640. The second kappa shape index (κ2) is 2.13. The average molecular weight is 158 g/mol. The summed E-state index contributed by atoms with van der Waals surface area (Å²) in [4.78, 5) is 2.39. The number of hydrogen-bond acceptors (Lipinski definition) is 3. The van der Waals surface area contributed by atoms with Crippen LogP contribution in [-0.4, -0.2) is 31.1 Å². The van der Waals surface area contributed by atoms with E-state index in [4.69, 9.17) is 0 Å². The number of nitrogens with one attached hydrogen (secondary N) is 1. The van der Waals surface area contributed by atoms with Gasteiger partial charge in [0.05, 0.1) is 0 Å². The first kappa shape index (κ1) is 6.95. The van der Waals surface area contributed by atoms with Crippen LogP contribution in [0.25, 0.3) is 0 Å². The highest BCUT2D eigenvalue weighted by molar-refractivity contribution is 7.78. The van der Waals surface area contributed by atoms with Crippen LogP contribution in [0.2, 0.25) is 0 Å². The SMILES string of the molecule is CN1CC(NS)C2(CC2)C1. The summed E-state index contributed by atoms with van der Waals surface area (Å²) in [5.41, 5.74) is 0.622. The van der Waals surface area contributed by atoms with Gasteiger partial charge in [0, 0.05) is 24.5 Å². The fourth-order valence-corrected chi connectivity index (χ4v) is 2.42. The summed E-state index contributed by atoms with van der Waals surface area (Å²) in [6.07, 6.45) is 2.80. The highest BCUT2D eigenvalue weighted by atomic mass is 32.1. The molecular formula is C7H14N2S. The van der Waals surface area contributed by atoms with Gasteiger partial charge in [-0.25, -0.2) is 0 Å². The summed E-state index contributed by atoms with van der Waals surface area (Å²) >= 11 is 4.13. The summed E-state index contributed by atoms with van der Waals surface area (Å²) in [5.74, 6) is 0. The van der Waals surface area contributed by atoms with Crippen molar-refractivity contribution in [2.24, 2.45) is 5.41 Å². The van der Waals surface area contributed by atoms with Gasteiger partial charge in [-0.1, -0.05) is 12.8 Å². The summed E-state index contributed by atoms with van der Waals surface area (Å²) < 4.78 is 3.10. The molecule has 0 aromatic carbocycles. The molecule has 58 valence electrons. The van der Waals surface area contributed by atoms with E-state index in [-0.39, 0.29) is 0 Å². The largest absolute Gasteiger partial charge is 0.304 e. The molecule has 1 heterocycles. The smallest absolute Gasteiger partial charge is 0.0365 e. The van der Waals surface area contributed by atoms with Crippen LogP contribution in [0.4, 0.5) is 0 Å². The lowest BCUT2D eigenvalue weighted by molar-refractivity contribution is 0.389. The highest BCUT2D eigenvalue weighted by Crippen LogP contribution is 2.52. The van der Waals surface area contributed by atoms with E-state index < -0.39 is 0 Å². The van der Waals surface area contributed by atoms with E-state index in [1.165, 1.54) is 25.9 Å². The van der Waals surface area contributed by atoms with Gasteiger partial charge in [0.2, 0.25) is 0 Å². The van der Waals surface area contributed by atoms with Crippen LogP contribution >= 0.6 is 12.8 Å². The molecule has 2 rings (SSSR count). The van der Waals surface area contributed by atoms with E-state index in [0.717, 1.165) is 0 Å². The molecule has 0 amide bonds. The zero-order valence-electron chi connectivity index (χ0n) is 6.30. The van der Waals surface area contributed by atoms with Gasteiger partial charge in [0.25, 0.3) is 0 Å². The van der Waals surface area contributed by atoms with Crippen molar-refractivity contribution in [1.82, 2.24) is 9.62 Å². The topological polar surface area (TPSA) is 15.3 Å². The van der Waals surface area contributed by atoms with Gasteiger partial charge in [0.15, 0.2) is 0 Å².